The molecule has 0 aliphatic rings. The third kappa shape index (κ3) is 4.06. The molecule has 5 rings (SSSR count). The minimum atomic E-state index is -0.399. The zero-order valence-electron chi connectivity index (χ0n) is 17.9. The number of ether oxygens (including phenoxy) is 2. The Kier molecular flexibility index (Phi) is 5.43. The second-order valence-electron chi connectivity index (χ2n) is 7.41. The maximum atomic E-state index is 13.9. The van der Waals surface area contributed by atoms with E-state index >= 15 is 0 Å². The maximum absolute atomic E-state index is 13.9. The second-order valence-corrected chi connectivity index (χ2v) is 7.41. The highest BCUT2D eigenvalue weighted by Gasteiger charge is 2.13. The molecule has 1 N–H and O–H groups in total. The Labute approximate surface area is 192 Å². The van der Waals surface area contributed by atoms with Gasteiger partial charge in [0.2, 0.25) is 0 Å². The Morgan fingerprint density at radius 3 is 2.62 bits per heavy atom. The summed E-state index contributed by atoms with van der Waals surface area (Å²) in [5.41, 5.74) is 1.33. The summed E-state index contributed by atoms with van der Waals surface area (Å²) < 4.78 is 32.0. The van der Waals surface area contributed by atoms with Crippen molar-refractivity contribution in [1.82, 2.24) is 15.0 Å². The van der Waals surface area contributed by atoms with Crippen LogP contribution in [-0.2, 0) is 6.61 Å². The topological polar surface area (TPSA) is 99.6 Å². The van der Waals surface area contributed by atoms with E-state index in [4.69, 9.17) is 13.9 Å². The van der Waals surface area contributed by atoms with Crippen LogP contribution in [0.1, 0.15) is 5.69 Å². The lowest BCUT2D eigenvalue weighted by molar-refractivity contribution is 0.301. The molecule has 0 unspecified atom stereocenters. The highest BCUT2D eigenvalue weighted by Crippen LogP contribution is 2.31. The van der Waals surface area contributed by atoms with Crippen LogP contribution in [0.5, 0.6) is 17.2 Å². The predicted octanol–water partition coefficient (Wildman–Crippen LogP) is 4.47. The van der Waals surface area contributed by atoms with Gasteiger partial charge in [0.25, 0.3) is 0 Å². The SMILES string of the molecule is COc1cc(O)c2c(=O)cc(-c3ccc(OCc4cn(-c5ccccc5F)nn4)cc3)oc2c1. The Balaban J connectivity index is 1.33. The molecule has 0 spiro atoms. The lowest BCUT2D eigenvalue weighted by Gasteiger charge is -2.08. The number of phenolic OH excluding ortho intramolecular Hbond substituents is 1. The Morgan fingerprint density at radius 2 is 1.85 bits per heavy atom. The van der Waals surface area contributed by atoms with E-state index in [2.05, 4.69) is 10.3 Å². The number of rotatable bonds is 6. The molecule has 3 aromatic carbocycles. The van der Waals surface area contributed by atoms with Crippen LogP contribution >= 0.6 is 0 Å². The van der Waals surface area contributed by atoms with Crippen molar-refractivity contribution in [2.45, 2.75) is 6.61 Å². The van der Waals surface area contributed by atoms with Gasteiger partial charge in [-0.3, -0.25) is 4.79 Å². The van der Waals surface area contributed by atoms with Gasteiger partial charge in [0.15, 0.2) is 5.43 Å². The van der Waals surface area contributed by atoms with Crippen LogP contribution in [0.4, 0.5) is 4.39 Å². The Hall–Kier alpha value is -4.66. The zero-order valence-corrected chi connectivity index (χ0v) is 17.9. The van der Waals surface area contributed by atoms with Crippen LogP contribution in [0.3, 0.4) is 0 Å². The Bertz CT molecular complexity index is 1540. The standard InChI is InChI=1S/C25H18FN3O5/c1-32-18-10-21(30)25-22(31)12-23(34-24(25)11-18)15-6-8-17(9-7-15)33-14-16-13-29(28-27-16)20-5-3-2-4-19(20)26/h2-13,30H,14H2,1H3. The summed E-state index contributed by atoms with van der Waals surface area (Å²) in [6, 6.07) is 17.5. The number of hydrogen-bond acceptors (Lipinski definition) is 7. The molecule has 9 heteroatoms. The van der Waals surface area contributed by atoms with Gasteiger partial charge in [-0.1, -0.05) is 17.3 Å². The van der Waals surface area contributed by atoms with Gasteiger partial charge in [0, 0.05) is 23.8 Å². The molecule has 0 saturated heterocycles. The summed E-state index contributed by atoms with van der Waals surface area (Å²) in [5, 5.41) is 18.2. The number of phenols is 1. The predicted molar refractivity (Wildman–Crippen MR) is 122 cm³/mol. The molecule has 0 radical (unpaired) electrons. The molecule has 0 amide bonds. The van der Waals surface area contributed by atoms with Crippen molar-refractivity contribution in [3.05, 3.63) is 94.7 Å². The Morgan fingerprint density at radius 1 is 1.06 bits per heavy atom. The number of hydrogen-bond donors (Lipinski definition) is 1. The van der Waals surface area contributed by atoms with E-state index in [0.717, 1.165) is 0 Å². The van der Waals surface area contributed by atoms with Crippen molar-refractivity contribution < 1.29 is 23.4 Å². The first kappa shape index (κ1) is 21.2. The van der Waals surface area contributed by atoms with Gasteiger partial charge in [0.1, 0.15) is 57.8 Å². The van der Waals surface area contributed by atoms with Crippen molar-refractivity contribution in [1.29, 1.82) is 0 Å². The molecular formula is C25H18FN3O5. The zero-order chi connectivity index (χ0) is 23.7. The molecule has 2 heterocycles. The van der Waals surface area contributed by atoms with E-state index < -0.39 is 5.82 Å². The first-order chi connectivity index (χ1) is 16.5. The van der Waals surface area contributed by atoms with Crippen molar-refractivity contribution in [2.24, 2.45) is 0 Å². The minimum Gasteiger partial charge on any atom is -0.507 e. The maximum Gasteiger partial charge on any atom is 0.197 e. The molecular weight excluding hydrogens is 441 g/mol. The molecule has 0 aliphatic heterocycles. The minimum absolute atomic E-state index is 0.0907. The van der Waals surface area contributed by atoms with E-state index in [1.165, 1.54) is 30.0 Å². The number of halogens is 1. The fraction of sp³-hybridized carbons (Fsp3) is 0.0800. The van der Waals surface area contributed by atoms with Crippen LogP contribution in [0.2, 0.25) is 0 Å². The van der Waals surface area contributed by atoms with E-state index in [0.29, 0.717) is 34.2 Å². The molecule has 0 atom stereocenters. The van der Waals surface area contributed by atoms with Gasteiger partial charge in [0.05, 0.1) is 13.3 Å². The molecule has 0 bridgehead atoms. The van der Waals surface area contributed by atoms with Gasteiger partial charge in [-0.2, -0.15) is 0 Å². The lowest BCUT2D eigenvalue weighted by Crippen LogP contribution is -2.01. The molecule has 0 aliphatic carbocycles. The number of fused-ring (bicyclic) bond motifs is 1. The average Bonchev–Trinajstić information content (AvgIpc) is 3.31. The van der Waals surface area contributed by atoms with E-state index in [1.807, 2.05) is 0 Å². The molecule has 34 heavy (non-hydrogen) atoms. The highest BCUT2D eigenvalue weighted by atomic mass is 19.1. The quantitative estimate of drug-likeness (QED) is 0.400. The van der Waals surface area contributed by atoms with Crippen LogP contribution in [-0.4, -0.2) is 27.2 Å². The molecule has 2 aromatic heterocycles. The normalized spacial score (nSPS) is 11.0. The number of benzene rings is 3. The molecule has 0 fully saturated rings. The third-order valence-corrected chi connectivity index (χ3v) is 5.18. The van der Waals surface area contributed by atoms with Crippen LogP contribution in [0.25, 0.3) is 28.0 Å². The number of methoxy groups -OCH3 is 1. The fourth-order valence-corrected chi connectivity index (χ4v) is 3.50. The monoisotopic (exact) mass is 459 g/mol. The second kappa shape index (κ2) is 8.70. The van der Waals surface area contributed by atoms with Crippen molar-refractivity contribution in [2.75, 3.05) is 7.11 Å². The lowest BCUT2D eigenvalue weighted by atomic mass is 10.1. The van der Waals surface area contributed by atoms with E-state index in [-0.39, 0.29) is 28.8 Å². The summed E-state index contributed by atoms with van der Waals surface area (Å²) in [6.45, 7) is 0.137. The van der Waals surface area contributed by atoms with Gasteiger partial charge in [-0.15, -0.1) is 5.10 Å². The molecule has 170 valence electrons. The van der Waals surface area contributed by atoms with Crippen LogP contribution in [0, 0.1) is 5.82 Å². The van der Waals surface area contributed by atoms with Crippen molar-refractivity contribution >= 4 is 11.0 Å². The largest absolute Gasteiger partial charge is 0.507 e. The van der Waals surface area contributed by atoms with Crippen molar-refractivity contribution in [3.63, 3.8) is 0 Å². The van der Waals surface area contributed by atoms with Crippen LogP contribution in [0.15, 0.2) is 82.1 Å². The smallest absolute Gasteiger partial charge is 0.197 e. The number of aromatic nitrogens is 3. The number of para-hydroxylation sites is 1. The first-order valence-electron chi connectivity index (χ1n) is 10.3. The van der Waals surface area contributed by atoms with Gasteiger partial charge in [-0.25, -0.2) is 9.07 Å². The summed E-state index contributed by atoms with van der Waals surface area (Å²) in [5.74, 6) is 0.673. The number of nitrogens with zero attached hydrogens (tertiary/aromatic N) is 3. The fourth-order valence-electron chi connectivity index (χ4n) is 3.50. The molecule has 8 nitrogen and oxygen atoms in total. The highest BCUT2D eigenvalue weighted by molar-refractivity contribution is 5.86. The van der Waals surface area contributed by atoms with Gasteiger partial charge >= 0.3 is 0 Å². The van der Waals surface area contributed by atoms with E-state index in [1.54, 1.807) is 54.7 Å². The molecule has 5 aromatic rings. The average molecular weight is 459 g/mol. The van der Waals surface area contributed by atoms with Crippen LogP contribution < -0.4 is 14.9 Å². The van der Waals surface area contributed by atoms with Gasteiger partial charge in [-0.05, 0) is 36.4 Å². The summed E-state index contributed by atoms with van der Waals surface area (Å²) >= 11 is 0. The van der Waals surface area contributed by atoms with Crippen molar-refractivity contribution in [3.8, 4) is 34.3 Å². The summed E-state index contributed by atoms with van der Waals surface area (Å²) in [7, 11) is 1.46. The molecule has 0 saturated carbocycles. The number of aromatic hydroxyl groups is 1. The van der Waals surface area contributed by atoms with Gasteiger partial charge < -0.3 is 19.0 Å². The third-order valence-electron chi connectivity index (χ3n) is 5.18. The van der Waals surface area contributed by atoms with E-state index in [9.17, 15) is 14.3 Å². The summed E-state index contributed by atoms with van der Waals surface area (Å²) in [6.07, 6.45) is 1.60. The first-order valence-corrected chi connectivity index (χ1v) is 10.3. The summed E-state index contributed by atoms with van der Waals surface area (Å²) in [4.78, 5) is 12.5.